The lowest BCUT2D eigenvalue weighted by Crippen LogP contribution is -3.00. The van der Waals surface area contributed by atoms with Crippen LogP contribution in [-0.4, -0.2) is 14.2 Å². The van der Waals surface area contributed by atoms with Gasteiger partial charge >= 0.3 is 7.54 Å². The van der Waals surface area contributed by atoms with E-state index in [0.717, 1.165) is 18.8 Å². The van der Waals surface area contributed by atoms with Crippen LogP contribution in [0.5, 0.6) is 5.75 Å². The first-order valence-electron chi connectivity index (χ1n) is 6.15. The number of hydrogen-bond acceptors (Lipinski definition) is 1. The van der Waals surface area contributed by atoms with Gasteiger partial charge in [-0.15, -0.1) is 0 Å². The molecule has 1 aromatic carbocycles. The fraction of sp³-hybridized carbons (Fsp3) is 0.538. The third-order valence-corrected chi connectivity index (χ3v) is 2.37. The Labute approximate surface area is 112 Å². The van der Waals surface area contributed by atoms with Gasteiger partial charge in [0.2, 0.25) is 0 Å². The molecule has 110 valence electrons. The van der Waals surface area contributed by atoms with Gasteiger partial charge in [-0.1, -0.05) is 25.5 Å². The van der Waals surface area contributed by atoms with Crippen LogP contribution in [0.25, 0.3) is 0 Å². The van der Waals surface area contributed by atoms with Crippen molar-refractivity contribution in [3.05, 3.63) is 29.3 Å². The summed E-state index contributed by atoms with van der Waals surface area (Å²) in [5.41, 5.74) is 2.62. The standard InChI is InChI=1S/C13H20O.BF3.FH/c1-4-6-7-12-9-8-11(3)13(10-12)14-5-2;2-1(3)4;/h8-10H,4-7H2,1-3H3;;1H/p-1. The lowest BCUT2D eigenvalue weighted by atomic mass is 10.1. The number of halogens is 4. The molecule has 1 aromatic rings. The minimum Gasteiger partial charge on any atom is -1.00 e. The summed E-state index contributed by atoms with van der Waals surface area (Å²) in [6.45, 7) is 7.09. The third kappa shape index (κ3) is 10.4. The summed E-state index contributed by atoms with van der Waals surface area (Å²) < 4.78 is 34.6. The molecule has 0 saturated heterocycles. The molecule has 0 aromatic heterocycles. The topological polar surface area (TPSA) is 9.23 Å². The molecule has 0 unspecified atom stereocenters. The largest absolute Gasteiger partial charge is 1.00 e. The van der Waals surface area contributed by atoms with Crippen LogP contribution >= 0.6 is 0 Å². The molecule has 0 spiro atoms. The highest BCUT2D eigenvalue weighted by Gasteiger charge is 2.06. The molecule has 0 aliphatic carbocycles. The van der Waals surface area contributed by atoms with Crippen LogP contribution in [0.1, 0.15) is 37.8 Å². The van der Waals surface area contributed by atoms with Crippen molar-refractivity contribution < 1.29 is 22.4 Å². The molecule has 0 atom stereocenters. The number of aryl methyl sites for hydroxylation is 2. The van der Waals surface area contributed by atoms with Crippen LogP contribution < -0.4 is 9.44 Å². The van der Waals surface area contributed by atoms with E-state index in [1.807, 2.05) is 6.92 Å². The van der Waals surface area contributed by atoms with Crippen molar-refractivity contribution in [1.82, 2.24) is 0 Å². The fourth-order valence-corrected chi connectivity index (χ4v) is 1.49. The molecule has 0 heterocycles. The van der Waals surface area contributed by atoms with E-state index in [-0.39, 0.29) is 4.70 Å². The van der Waals surface area contributed by atoms with Gasteiger partial charge in [0, 0.05) is 0 Å². The number of ether oxygens (including phenoxy) is 1. The summed E-state index contributed by atoms with van der Waals surface area (Å²) in [5.74, 6) is 1.04. The second-order valence-electron chi connectivity index (χ2n) is 3.88. The molecule has 0 aliphatic rings. The van der Waals surface area contributed by atoms with Crippen LogP contribution in [0, 0.1) is 6.92 Å². The third-order valence-electron chi connectivity index (χ3n) is 2.37. The Morgan fingerprint density at radius 1 is 1.16 bits per heavy atom. The minimum atomic E-state index is -3.67. The SMILES string of the molecule is CCCCc1ccc(C)c(OCC)c1.FB(F)F.[F-]. The molecule has 0 amide bonds. The first kappa shape index (κ1) is 20.1. The molecular weight excluding hydrogens is 259 g/mol. The second kappa shape index (κ2) is 11.9. The second-order valence-corrected chi connectivity index (χ2v) is 3.88. The van der Waals surface area contributed by atoms with E-state index in [4.69, 9.17) is 4.74 Å². The summed E-state index contributed by atoms with van der Waals surface area (Å²) in [6, 6.07) is 6.53. The fourth-order valence-electron chi connectivity index (χ4n) is 1.49. The molecule has 1 nitrogen and oxygen atoms in total. The van der Waals surface area contributed by atoms with Crippen molar-refractivity contribution >= 4 is 7.54 Å². The molecular formula is C13H20BF4O-. The predicted molar refractivity (Wildman–Crippen MR) is 70.0 cm³/mol. The summed E-state index contributed by atoms with van der Waals surface area (Å²) in [6.07, 6.45) is 3.67. The summed E-state index contributed by atoms with van der Waals surface area (Å²) in [4.78, 5) is 0. The zero-order chi connectivity index (χ0) is 14.0. The smallest absolute Gasteiger partial charge is 0.762 e. The van der Waals surface area contributed by atoms with Crippen LogP contribution in [-0.2, 0) is 6.42 Å². The lowest BCUT2D eigenvalue weighted by molar-refractivity contribution is -0.00000724. The van der Waals surface area contributed by atoms with Crippen LogP contribution in [0.4, 0.5) is 12.9 Å². The Morgan fingerprint density at radius 3 is 2.21 bits per heavy atom. The van der Waals surface area contributed by atoms with Gasteiger partial charge in [0.25, 0.3) is 0 Å². The quantitative estimate of drug-likeness (QED) is 0.588. The van der Waals surface area contributed by atoms with Crippen molar-refractivity contribution in [2.75, 3.05) is 6.61 Å². The van der Waals surface area contributed by atoms with E-state index in [1.165, 1.54) is 24.0 Å². The van der Waals surface area contributed by atoms with E-state index in [0.29, 0.717) is 0 Å². The van der Waals surface area contributed by atoms with Crippen molar-refractivity contribution in [3.8, 4) is 5.75 Å². The maximum atomic E-state index is 9.67. The van der Waals surface area contributed by atoms with Crippen molar-refractivity contribution in [2.24, 2.45) is 0 Å². The monoisotopic (exact) mass is 279 g/mol. The highest BCUT2D eigenvalue weighted by atomic mass is 19.4. The van der Waals surface area contributed by atoms with Gasteiger partial charge in [-0.2, -0.15) is 0 Å². The lowest BCUT2D eigenvalue weighted by Gasteiger charge is -2.09. The molecule has 0 aliphatic heterocycles. The maximum Gasteiger partial charge on any atom is 0.762 e. The minimum absolute atomic E-state index is 0. The Hall–Kier alpha value is -1.20. The van der Waals surface area contributed by atoms with E-state index in [2.05, 4.69) is 32.0 Å². The predicted octanol–water partition coefficient (Wildman–Crippen LogP) is 1.62. The van der Waals surface area contributed by atoms with E-state index in [1.54, 1.807) is 0 Å². The molecule has 1 rings (SSSR count). The highest BCUT2D eigenvalue weighted by Crippen LogP contribution is 2.20. The maximum absolute atomic E-state index is 9.67. The summed E-state index contributed by atoms with van der Waals surface area (Å²) >= 11 is 0. The Morgan fingerprint density at radius 2 is 1.74 bits per heavy atom. The first-order valence-corrected chi connectivity index (χ1v) is 6.15. The van der Waals surface area contributed by atoms with Crippen molar-refractivity contribution in [3.63, 3.8) is 0 Å². The van der Waals surface area contributed by atoms with Gasteiger partial charge in [0.05, 0.1) is 6.61 Å². The van der Waals surface area contributed by atoms with Crippen LogP contribution in [0.3, 0.4) is 0 Å². The zero-order valence-electron chi connectivity index (χ0n) is 11.6. The molecule has 0 saturated carbocycles. The normalized spacial score (nSPS) is 8.95. The zero-order valence-corrected chi connectivity index (χ0v) is 11.6. The van der Waals surface area contributed by atoms with Gasteiger partial charge < -0.3 is 9.44 Å². The summed E-state index contributed by atoms with van der Waals surface area (Å²) in [5, 5.41) is 0. The van der Waals surface area contributed by atoms with Gasteiger partial charge in [-0.3, -0.25) is 12.9 Å². The highest BCUT2D eigenvalue weighted by molar-refractivity contribution is 6.33. The van der Waals surface area contributed by atoms with Gasteiger partial charge in [0.1, 0.15) is 5.75 Å². The average molecular weight is 279 g/mol. The molecule has 19 heavy (non-hydrogen) atoms. The Bertz CT molecular complexity index is 332. The van der Waals surface area contributed by atoms with E-state index in [9.17, 15) is 12.9 Å². The molecule has 0 bridgehead atoms. The molecule has 0 fully saturated rings. The summed E-state index contributed by atoms with van der Waals surface area (Å²) in [7, 11) is -3.67. The molecule has 0 N–H and O–H groups in total. The van der Waals surface area contributed by atoms with Gasteiger partial charge in [0.15, 0.2) is 0 Å². The van der Waals surface area contributed by atoms with Crippen molar-refractivity contribution in [1.29, 1.82) is 0 Å². The first-order chi connectivity index (χ1) is 8.51. The van der Waals surface area contributed by atoms with Gasteiger partial charge in [-0.05, 0) is 43.9 Å². The number of benzene rings is 1. The van der Waals surface area contributed by atoms with E-state index >= 15 is 0 Å². The van der Waals surface area contributed by atoms with Crippen molar-refractivity contribution in [2.45, 2.75) is 40.0 Å². The Balaban J connectivity index is 0. The average Bonchev–Trinajstić information content (AvgIpc) is 2.30. The van der Waals surface area contributed by atoms with Crippen LogP contribution in [0.15, 0.2) is 18.2 Å². The number of rotatable bonds is 5. The van der Waals surface area contributed by atoms with E-state index < -0.39 is 7.54 Å². The number of hydrogen-bond donors (Lipinski definition) is 0. The van der Waals surface area contributed by atoms with Crippen LogP contribution in [0.2, 0.25) is 0 Å². The molecule has 0 radical (unpaired) electrons. The van der Waals surface area contributed by atoms with Gasteiger partial charge in [-0.25, -0.2) is 0 Å². The number of unbranched alkanes of at least 4 members (excludes halogenated alkanes) is 1. The Kier molecular flexibility index (Phi) is 12.6. The molecule has 6 heteroatoms.